The van der Waals surface area contributed by atoms with Crippen LogP contribution in [0.2, 0.25) is 0 Å². The van der Waals surface area contributed by atoms with Crippen LogP contribution in [0.4, 0.5) is 17.1 Å². The van der Waals surface area contributed by atoms with Crippen molar-refractivity contribution in [3.05, 3.63) is 54.4 Å². The average Bonchev–Trinajstić information content (AvgIpc) is 3.16. The van der Waals surface area contributed by atoms with Crippen LogP contribution >= 0.6 is 0 Å². The van der Waals surface area contributed by atoms with Gasteiger partial charge in [0.1, 0.15) is 5.75 Å². The highest BCUT2D eigenvalue weighted by molar-refractivity contribution is 6.02. The van der Waals surface area contributed by atoms with Crippen LogP contribution in [-0.4, -0.2) is 49.1 Å². The Balaban J connectivity index is 1.78. The summed E-state index contributed by atoms with van der Waals surface area (Å²) in [4.78, 5) is 18.5. The molecule has 1 amide bonds. The number of phenols is 1. The Morgan fingerprint density at radius 1 is 1.31 bits per heavy atom. The summed E-state index contributed by atoms with van der Waals surface area (Å²) in [5.41, 5.74) is 5.46. The molecule has 3 rings (SSSR count). The Hall–Kier alpha value is -3.52. The fourth-order valence-corrected chi connectivity index (χ4v) is 4.77. The molecule has 8 heteroatoms. The quantitative estimate of drug-likeness (QED) is 0.105. The Labute approximate surface area is 214 Å². The molecule has 1 aliphatic carbocycles. The highest BCUT2D eigenvalue weighted by atomic mass is 16.3. The van der Waals surface area contributed by atoms with E-state index in [1.54, 1.807) is 18.5 Å². The molecule has 1 saturated carbocycles. The summed E-state index contributed by atoms with van der Waals surface area (Å²) in [7, 11) is 3.78. The largest absolute Gasteiger partial charge is 0.506 e. The van der Waals surface area contributed by atoms with Gasteiger partial charge in [0.15, 0.2) is 0 Å². The van der Waals surface area contributed by atoms with Crippen molar-refractivity contribution in [2.75, 3.05) is 42.7 Å². The lowest BCUT2D eigenvalue weighted by Gasteiger charge is -2.44. The van der Waals surface area contributed by atoms with E-state index in [1.807, 2.05) is 25.1 Å². The summed E-state index contributed by atoms with van der Waals surface area (Å²) in [6.45, 7) is 13.9. The van der Waals surface area contributed by atoms with Gasteiger partial charge in [-0.2, -0.15) is 0 Å². The van der Waals surface area contributed by atoms with Crippen LogP contribution in [0.3, 0.4) is 0 Å². The molecule has 8 nitrogen and oxygen atoms in total. The normalized spacial score (nSPS) is 14.3. The van der Waals surface area contributed by atoms with Crippen molar-refractivity contribution in [2.24, 2.45) is 4.99 Å². The first-order valence-corrected chi connectivity index (χ1v) is 12.5. The van der Waals surface area contributed by atoms with Crippen LogP contribution in [0.1, 0.15) is 49.4 Å². The van der Waals surface area contributed by atoms with Gasteiger partial charge >= 0.3 is 0 Å². The van der Waals surface area contributed by atoms with Gasteiger partial charge in [-0.1, -0.05) is 20.1 Å². The maximum atomic E-state index is 12.0. The third-order valence-corrected chi connectivity index (χ3v) is 7.30. The molecular weight excluding hydrogens is 452 g/mol. The van der Waals surface area contributed by atoms with E-state index in [0.717, 1.165) is 18.5 Å². The van der Waals surface area contributed by atoms with Crippen molar-refractivity contribution in [3.8, 4) is 5.75 Å². The number of phenolic OH excluding ortho intramolecular Hbond substituents is 1. The van der Waals surface area contributed by atoms with Crippen molar-refractivity contribution >= 4 is 35.4 Å². The van der Waals surface area contributed by atoms with E-state index in [4.69, 9.17) is 0 Å². The number of amides is 1. The summed E-state index contributed by atoms with van der Waals surface area (Å²) in [5.74, 6) is -0.256. The zero-order valence-electron chi connectivity index (χ0n) is 22.0. The number of aromatic nitrogens is 1. The van der Waals surface area contributed by atoms with Crippen molar-refractivity contribution in [1.82, 2.24) is 9.88 Å². The Morgan fingerprint density at radius 2 is 2.06 bits per heavy atom. The van der Waals surface area contributed by atoms with Gasteiger partial charge in [-0.3, -0.25) is 9.79 Å². The molecule has 0 unspecified atom stereocenters. The number of nitrogens with zero attached hydrogens (tertiary/aromatic N) is 3. The van der Waals surface area contributed by atoms with Crippen LogP contribution in [-0.2, 0) is 16.9 Å². The van der Waals surface area contributed by atoms with Crippen LogP contribution in [0, 0.1) is 6.92 Å². The molecular formula is C28H40N6O2. The number of rotatable bonds is 13. The van der Waals surface area contributed by atoms with E-state index in [2.05, 4.69) is 58.7 Å². The number of benzene rings is 1. The highest BCUT2D eigenvalue weighted by Crippen LogP contribution is 2.44. The smallest absolute Gasteiger partial charge is 0.247 e. The Kier molecular flexibility index (Phi) is 8.98. The van der Waals surface area contributed by atoms with Crippen molar-refractivity contribution in [1.29, 1.82) is 0 Å². The van der Waals surface area contributed by atoms with E-state index in [0.29, 0.717) is 30.2 Å². The van der Waals surface area contributed by atoms with Crippen molar-refractivity contribution in [2.45, 2.75) is 51.6 Å². The maximum absolute atomic E-state index is 12.0. The topological polar surface area (TPSA) is 93.9 Å². The van der Waals surface area contributed by atoms with Gasteiger partial charge in [0, 0.05) is 43.6 Å². The van der Waals surface area contributed by atoms with Gasteiger partial charge in [0.2, 0.25) is 5.91 Å². The number of hydrogen-bond donors (Lipinski definition) is 4. The molecule has 1 aliphatic rings. The first kappa shape index (κ1) is 27.1. The second-order valence-electron chi connectivity index (χ2n) is 9.39. The zero-order chi connectivity index (χ0) is 26.3. The second-order valence-corrected chi connectivity index (χ2v) is 9.39. The van der Waals surface area contributed by atoms with Gasteiger partial charge in [-0.15, -0.1) is 0 Å². The zero-order valence-corrected chi connectivity index (χ0v) is 22.0. The minimum Gasteiger partial charge on any atom is -0.506 e. The summed E-state index contributed by atoms with van der Waals surface area (Å²) in [6, 6.07) is 3.33. The lowest BCUT2D eigenvalue weighted by Crippen LogP contribution is -2.40. The van der Waals surface area contributed by atoms with E-state index in [9.17, 15) is 9.90 Å². The molecule has 0 spiro atoms. The summed E-state index contributed by atoms with van der Waals surface area (Å²) in [6.07, 6.45) is 11.8. The number of carbonyl (C=O) groups is 1. The van der Waals surface area contributed by atoms with Crippen LogP contribution < -0.4 is 20.9 Å². The molecule has 0 atom stereocenters. The van der Waals surface area contributed by atoms with Crippen LogP contribution in [0.25, 0.3) is 6.08 Å². The molecule has 1 aromatic carbocycles. The molecule has 1 heterocycles. The van der Waals surface area contributed by atoms with E-state index >= 15 is 0 Å². The van der Waals surface area contributed by atoms with Gasteiger partial charge < -0.3 is 30.5 Å². The highest BCUT2D eigenvalue weighted by Gasteiger charge is 2.38. The SMILES string of the molecule is C=CC(=O)Nc1cc(NC=NCc2cn(C3(CC)CCC3)c(C=C)c2C)c(O)cc1N(C)CCNC. The molecule has 4 N–H and O–H groups in total. The molecule has 0 saturated heterocycles. The number of likely N-dealkylation sites (N-methyl/N-ethyl adjacent to an activating group) is 2. The first-order chi connectivity index (χ1) is 17.3. The standard InChI is InChI=1S/C28H40N6O2/c1-7-24-20(4)21(18-34(24)28(9-3)11-10-12-28)17-30-19-31-23-15-22(32-27(36)8-2)25(16-26(23)35)33(6)14-13-29-5/h7-8,15-16,18-19,29,35H,1-2,9-14,17H2,3-6H3,(H,30,31)(H,32,36). The van der Waals surface area contributed by atoms with Crippen LogP contribution in [0.15, 0.2) is 42.6 Å². The molecule has 0 bridgehead atoms. The predicted molar refractivity (Wildman–Crippen MR) is 151 cm³/mol. The maximum Gasteiger partial charge on any atom is 0.247 e. The van der Waals surface area contributed by atoms with Crippen LogP contribution in [0.5, 0.6) is 5.75 Å². The minimum atomic E-state index is -0.321. The number of carbonyl (C=O) groups excluding carboxylic acids is 1. The lowest BCUT2D eigenvalue weighted by atomic mass is 9.74. The fourth-order valence-electron chi connectivity index (χ4n) is 4.77. The Morgan fingerprint density at radius 3 is 2.64 bits per heavy atom. The average molecular weight is 493 g/mol. The number of aromatic hydroxyl groups is 1. The summed E-state index contributed by atoms with van der Waals surface area (Å²) < 4.78 is 2.40. The molecule has 194 valence electrons. The number of aliphatic imine (C=N–C) groups is 1. The number of nitrogens with one attached hydrogen (secondary N) is 3. The third kappa shape index (κ3) is 5.65. The molecule has 1 aromatic heterocycles. The predicted octanol–water partition coefficient (Wildman–Crippen LogP) is 4.85. The minimum absolute atomic E-state index is 0.0653. The molecule has 0 radical (unpaired) electrons. The monoisotopic (exact) mass is 492 g/mol. The molecule has 36 heavy (non-hydrogen) atoms. The van der Waals surface area contributed by atoms with Gasteiger partial charge in [0.05, 0.1) is 29.9 Å². The number of anilines is 3. The summed E-state index contributed by atoms with van der Waals surface area (Å²) in [5, 5.41) is 19.6. The molecule has 2 aromatic rings. The van der Waals surface area contributed by atoms with E-state index < -0.39 is 0 Å². The first-order valence-electron chi connectivity index (χ1n) is 12.5. The summed E-state index contributed by atoms with van der Waals surface area (Å²) >= 11 is 0. The lowest BCUT2D eigenvalue weighted by molar-refractivity contribution is -0.111. The fraction of sp³-hybridized carbons (Fsp3) is 0.429. The van der Waals surface area contributed by atoms with E-state index in [1.165, 1.54) is 36.6 Å². The third-order valence-electron chi connectivity index (χ3n) is 7.30. The molecule has 1 fully saturated rings. The Bertz CT molecular complexity index is 1120. The molecule has 0 aliphatic heterocycles. The second kappa shape index (κ2) is 11.9. The van der Waals surface area contributed by atoms with Gasteiger partial charge in [-0.25, -0.2) is 0 Å². The number of hydrogen-bond acceptors (Lipinski definition) is 5. The van der Waals surface area contributed by atoms with E-state index in [-0.39, 0.29) is 17.2 Å². The van der Waals surface area contributed by atoms with Gasteiger partial charge in [-0.05, 0) is 69.0 Å². The van der Waals surface area contributed by atoms with Gasteiger partial charge in [0.25, 0.3) is 0 Å². The van der Waals surface area contributed by atoms with Crippen molar-refractivity contribution < 1.29 is 9.90 Å². The van der Waals surface area contributed by atoms with Crippen molar-refractivity contribution in [3.63, 3.8) is 0 Å².